The van der Waals surface area contributed by atoms with Gasteiger partial charge in [0.25, 0.3) is 0 Å². The van der Waals surface area contributed by atoms with E-state index in [1.54, 1.807) is 0 Å². The molecule has 0 saturated heterocycles. The minimum Gasteiger partial charge on any atom is -0.344 e. The number of anilines is 4. The van der Waals surface area contributed by atoms with Crippen LogP contribution in [0.2, 0.25) is 0 Å². The second-order valence-electron chi connectivity index (χ2n) is 7.15. The number of carbonyl (C=O) groups is 1. The van der Waals surface area contributed by atoms with E-state index in [-0.39, 0.29) is 5.78 Å². The van der Waals surface area contributed by atoms with Crippen LogP contribution in [0.15, 0.2) is 109 Å². The first kappa shape index (κ1) is 19.5. The summed E-state index contributed by atoms with van der Waals surface area (Å²) < 4.78 is 0. The fraction of sp³-hybridized carbons (Fsp3) is 0.0741. The molecular weight excluding hydrogens is 368 g/mol. The molecule has 4 aromatic carbocycles. The Morgan fingerprint density at radius 1 is 0.500 bits per heavy atom. The summed E-state index contributed by atoms with van der Waals surface area (Å²) in [5, 5.41) is 0. The maximum Gasteiger partial charge on any atom is 0.197 e. The lowest BCUT2D eigenvalue weighted by Gasteiger charge is -2.24. The van der Waals surface area contributed by atoms with Gasteiger partial charge in [0.05, 0.1) is 11.4 Å². The lowest BCUT2D eigenvalue weighted by molar-refractivity contribution is 0.104. The van der Waals surface area contributed by atoms with Crippen LogP contribution in [0.3, 0.4) is 0 Å². The smallest absolute Gasteiger partial charge is 0.197 e. The van der Waals surface area contributed by atoms with Gasteiger partial charge in [0, 0.05) is 36.6 Å². The summed E-state index contributed by atoms with van der Waals surface area (Å²) >= 11 is 0. The van der Waals surface area contributed by atoms with Gasteiger partial charge in [0.1, 0.15) is 0 Å². The van der Waals surface area contributed by atoms with Crippen LogP contribution in [-0.4, -0.2) is 19.9 Å². The van der Waals surface area contributed by atoms with Gasteiger partial charge < -0.3 is 9.80 Å². The third-order valence-electron chi connectivity index (χ3n) is 5.31. The molecule has 0 aliphatic carbocycles. The maximum absolute atomic E-state index is 13.7. The summed E-state index contributed by atoms with van der Waals surface area (Å²) in [5.41, 5.74) is 5.19. The third kappa shape index (κ3) is 3.83. The number of benzene rings is 4. The molecular formula is C27H24N2O. The molecule has 0 heterocycles. The summed E-state index contributed by atoms with van der Waals surface area (Å²) in [6.45, 7) is 0. The number of hydrogen-bond donors (Lipinski definition) is 0. The van der Waals surface area contributed by atoms with Gasteiger partial charge in [-0.05, 0) is 48.5 Å². The molecule has 4 rings (SSSR count). The highest BCUT2D eigenvalue weighted by Crippen LogP contribution is 2.32. The molecule has 0 bridgehead atoms. The second-order valence-corrected chi connectivity index (χ2v) is 7.15. The Hall–Kier alpha value is -3.85. The number of hydrogen-bond acceptors (Lipinski definition) is 3. The first-order valence-corrected chi connectivity index (χ1v) is 9.97. The van der Waals surface area contributed by atoms with Gasteiger partial charge in [-0.25, -0.2) is 0 Å². The molecule has 3 heteroatoms. The second kappa shape index (κ2) is 8.66. The Balaban J connectivity index is 1.75. The van der Waals surface area contributed by atoms with Gasteiger partial charge in [-0.3, -0.25) is 4.79 Å². The SMILES string of the molecule is CN(c1ccccc1)c1ccccc1C(=O)c1ccccc1N(C)c1ccccc1. The Kier molecular flexibility index (Phi) is 5.62. The maximum atomic E-state index is 13.7. The normalized spacial score (nSPS) is 10.5. The summed E-state index contributed by atoms with van der Waals surface area (Å²) in [6.07, 6.45) is 0. The number of ketones is 1. The fourth-order valence-corrected chi connectivity index (χ4v) is 3.64. The minimum atomic E-state index is 0.00626. The largest absolute Gasteiger partial charge is 0.344 e. The zero-order chi connectivity index (χ0) is 20.9. The molecule has 0 aromatic heterocycles. The molecule has 0 unspecified atom stereocenters. The molecule has 0 fully saturated rings. The molecule has 0 spiro atoms. The van der Waals surface area contributed by atoms with Crippen molar-refractivity contribution in [1.82, 2.24) is 0 Å². The Morgan fingerprint density at radius 3 is 1.23 bits per heavy atom. The van der Waals surface area contributed by atoms with Crippen LogP contribution in [-0.2, 0) is 0 Å². The molecule has 0 amide bonds. The molecule has 0 aliphatic rings. The summed E-state index contributed by atoms with van der Waals surface area (Å²) in [6, 6.07) is 35.7. The Labute approximate surface area is 177 Å². The molecule has 3 nitrogen and oxygen atoms in total. The number of nitrogens with zero attached hydrogens (tertiary/aromatic N) is 2. The molecule has 0 atom stereocenters. The average Bonchev–Trinajstić information content (AvgIpc) is 2.84. The van der Waals surface area contributed by atoms with Gasteiger partial charge in [0.15, 0.2) is 5.78 Å². The summed E-state index contributed by atoms with van der Waals surface area (Å²) in [7, 11) is 3.98. The Bertz CT molecular complexity index is 1050. The summed E-state index contributed by atoms with van der Waals surface area (Å²) in [5.74, 6) is 0.00626. The summed E-state index contributed by atoms with van der Waals surface area (Å²) in [4.78, 5) is 17.8. The standard InChI is InChI=1S/C27H24N2O/c1-28(21-13-5-3-6-14-21)25-19-11-9-17-23(25)27(30)24-18-10-12-20-26(24)29(2)22-15-7-4-8-16-22/h3-20H,1-2H3. The predicted molar refractivity (Wildman–Crippen MR) is 125 cm³/mol. The number of carbonyl (C=O) groups excluding carboxylic acids is 1. The average molecular weight is 393 g/mol. The zero-order valence-electron chi connectivity index (χ0n) is 17.2. The first-order valence-electron chi connectivity index (χ1n) is 9.97. The Morgan fingerprint density at radius 2 is 0.833 bits per heavy atom. The van der Waals surface area contributed by atoms with Gasteiger partial charge in [0.2, 0.25) is 0 Å². The minimum absolute atomic E-state index is 0.00626. The van der Waals surface area contributed by atoms with Gasteiger partial charge >= 0.3 is 0 Å². The van der Waals surface area contributed by atoms with Crippen molar-refractivity contribution in [3.8, 4) is 0 Å². The highest BCUT2D eigenvalue weighted by Gasteiger charge is 2.20. The number of para-hydroxylation sites is 4. The van der Waals surface area contributed by atoms with Crippen LogP contribution in [0.25, 0.3) is 0 Å². The molecule has 0 saturated carbocycles. The first-order chi connectivity index (χ1) is 14.7. The van der Waals surface area contributed by atoms with E-state index in [9.17, 15) is 4.79 Å². The topological polar surface area (TPSA) is 23.6 Å². The van der Waals surface area contributed by atoms with Crippen LogP contribution in [0.5, 0.6) is 0 Å². The van der Waals surface area contributed by atoms with E-state index in [4.69, 9.17) is 0 Å². The molecule has 0 aliphatic heterocycles. The highest BCUT2D eigenvalue weighted by atomic mass is 16.1. The van der Waals surface area contributed by atoms with E-state index in [2.05, 4.69) is 9.80 Å². The molecule has 30 heavy (non-hydrogen) atoms. The van der Waals surface area contributed by atoms with Gasteiger partial charge in [-0.1, -0.05) is 60.7 Å². The lowest BCUT2D eigenvalue weighted by atomic mass is 9.98. The van der Waals surface area contributed by atoms with E-state index >= 15 is 0 Å². The van der Waals surface area contributed by atoms with Crippen LogP contribution in [0.1, 0.15) is 15.9 Å². The van der Waals surface area contributed by atoms with E-state index in [1.165, 1.54) is 0 Å². The van der Waals surface area contributed by atoms with Crippen LogP contribution in [0, 0.1) is 0 Å². The van der Waals surface area contributed by atoms with Crippen molar-refractivity contribution in [2.45, 2.75) is 0 Å². The zero-order valence-corrected chi connectivity index (χ0v) is 17.2. The molecule has 4 aromatic rings. The van der Waals surface area contributed by atoms with E-state index in [0.29, 0.717) is 11.1 Å². The van der Waals surface area contributed by atoms with Crippen molar-refractivity contribution in [3.05, 3.63) is 120 Å². The van der Waals surface area contributed by atoms with Gasteiger partial charge in [-0.2, -0.15) is 0 Å². The van der Waals surface area contributed by atoms with Crippen LogP contribution >= 0.6 is 0 Å². The molecule has 0 N–H and O–H groups in total. The van der Waals surface area contributed by atoms with E-state index < -0.39 is 0 Å². The lowest BCUT2D eigenvalue weighted by Crippen LogP contribution is -2.17. The van der Waals surface area contributed by atoms with Crippen LogP contribution < -0.4 is 9.80 Å². The van der Waals surface area contributed by atoms with Crippen molar-refractivity contribution in [3.63, 3.8) is 0 Å². The van der Waals surface area contributed by atoms with Crippen molar-refractivity contribution in [2.24, 2.45) is 0 Å². The van der Waals surface area contributed by atoms with Crippen molar-refractivity contribution >= 4 is 28.5 Å². The van der Waals surface area contributed by atoms with E-state index in [0.717, 1.165) is 22.7 Å². The fourth-order valence-electron chi connectivity index (χ4n) is 3.64. The quantitative estimate of drug-likeness (QED) is 0.352. The van der Waals surface area contributed by atoms with E-state index in [1.807, 2.05) is 123 Å². The van der Waals surface area contributed by atoms with Crippen LogP contribution in [0.4, 0.5) is 22.7 Å². The monoisotopic (exact) mass is 392 g/mol. The van der Waals surface area contributed by atoms with Crippen molar-refractivity contribution < 1.29 is 4.79 Å². The molecule has 0 radical (unpaired) electrons. The van der Waals surface area contributed by atoms with Crippen molar-refractivity contribution in [2.75, 3.05) is 23.9 Å². The molecule has 148 valence electrons. The van der Waals surface area contributed by atoms with Gasteiger partial charge in [-0.15, -0.1) is 0 Å². The highest BCUT2D eigenvalue weighted by molar-refractivity contribution is 6.16. The van der Waals surface area contributed by atoms with Crippen molar-refractivity contribution in [1.29, 1.82) is 0 Å². The third-order valence-corrected chi connectivity index (χ3v) is 5.31. The number of rotatable bonds is 6. The predicted octanol–water partition coefficient (Wildman–Crippen LogP) is 6.45.